The number of halogens is 2. The van der Waals surface area contributed by atoms with E-state index in [-0.39, 0.29) is 35.3 Å². The van der Waals surface area contributed by atoms with E-state index in [1.54, 1.807) is 13.0 Å². The van der Waals surface area contributed by atoms with Gasteiger partial charge in [-0.1, -0.05) is 17.7 Å². The molecule has 1 amide bonds. The van der Waals surface area contributed by atoms with Crippen molar-refractivity contribution in [1.82, 2.24) is 4.90 Å². The van der Waals surface area contributed by atoms with Gasteiger partial charge in [0, 0.05) is 17.3 Å². The van der Waals surface area contributed by atoms with E-state index >= 15 is 0 Å². The molecule has 0 radical (unpaired) electrons. The summed E-state index contributed by atoms with van der Waals surface area (Å²) in [6.45, 7) is 1.79. The first-order valence-corrected chi connectivity index (χ1v) is 6.60. The van der Waals surface area contributed by atoms with Crippen molar-refractivity contribution >= 4 is 47.6 Å². The molecule has 18 heavy (non-hydrogen) atoms. The van der Waals surface area contributed by atoms with Gasteiger partial charge in [0.1, 0.15) is 16.8 Å². The van der Waals surface area contributed by atoms with Crippen molar-refractivity contribution in [3.63, 3.8) is 0 Å². The number of carboxylic acids is 1. The number of allylic oxidation sites excluding steroid dienone is 1. The second-order valence-corrected chi connectivity index (χ2v) is 5.73. The number of carboxylic acid groups (broad SMARTS) is 1. The van der Waals surface area contributed by atoms with Gasteiger partial charge in [0.15, 0.2) is 0 Å². The molecule has 2 aliphatic rings. The average molecular weight is 313 g/mol. The number of rotatable bonds is 2. The van der Waals surface area contributed by atoms with Crippen LogP contribution in [0.15, 0.2) is 11.1 Å². The van der Waals surface area contributed by atoms with Gasteiger partial charge < -0.3 is 15.7 Å². The molecule has 8 heteroatoms. The Bertz CT molecular complexity index is 418. The van der Waals surface area contributed by atoms with Crippen LogP contribution in [0.1, 0.15) is 6.92 Å². The van der Waals surface area contributed by atoms with Crippen LogP contribution < -0.4 is 5.73 Å². The van der Waals surface area contributed by atoms with Crippen molar-refractivity contribution < 1.29 is 14.7 Å². The lowest BCUT2D eigenvalue weighted by molar-refractivity contribution is -0.154. The Balaban J connectivity index is 0.00000162. The number of aliphatic carboxylic acids is 1. The zero-order valence-corrected chi connectivity index (χ0v) is 12.0. The van der Waals surface area contributed by atoms with Gasteiger partial charge in [-0.2, -0.15) is 0 Å². The quantitative estimate of drug-likeness (QED) is 0.739. The molecule has 2 aliphatic heterocycles. The second-order valence-electron chi connectivity index (χ2n) is 4.22. The van der Waals surface area contributed by atoms with E-state index < -0.39 is 17.4 Å². The highest BCUT2D eigenvalue weighted by atomic mass is 35.5. The van der Waals surface area contributed by atoms with Gasteiger partial charge in [0.25, 0.3) is 0 Å². The topological polar surface area (TPSA) is 83.6 Å². The fourth-order valence-corrected chi connectivity index (χ4v) is 3.92. The van der Waals surface area contributed by atoms with Crippen molar-refractivity contribution in [2.75, 3.05) is 12.3 Å². The summed E-state index contributed by atoms with van der Waals surface area (Å²) in [6, 6.07) is -0.504. The first-order valence-electron chi connectivity index (χ1n) is 5.17. The van der Waals surface area contributed by atoms with Crippen LogP contribution in [0, 0.1) is 5.41 Å². The molecule has 102 valence electrons. The van der Waals surface area contributed by atoms with E-state index in [0.29, 0.717) is 5.75 Å². The van der Waals surface area contributed by atoms with Crippen molar-refractivity contribution in [2.45, 2.75) is 18.3 Å². The number of carbonyl (C=O) groups excluding carboxylic acids is 1. The van der Waals surface area contributed by atoms with Crippen LogP contribution in [0.5, 0.6) is 0 Å². The van der Waals surface area contributed by atoms with Crippen molar-refractivity contribution in [3.8, 4) is 0 Å². The molecule has 2 unspecified atom stereocenters. The third-order valence-corrected chi connectivity index (χ3v) is 5.37. The van der Waals surface area contributed by atoms with Gasteiger partial charge in [-0.25, -0.2) is 0 Å². The number of β-lactam (4-membered cyclic amide) rings is 1. The van der Waals surface area contributed by atoms with Gasteiger partial charge in [-0.3, -0.25) is 9.59 Å². The number of fused-ring (bicyclic) bond motifs is 1. The largest absolute Gasteiger partial charge is 0.480 e. The minimum atomic E-state index is -1.19. The number of carbonyl (C=O) groups is 2. The molecule has 0 saturated carbocycles. The number of amides is 1. The molecule has 5 nitrogen and oxygen atoms in total. The monoisotopic (exact) mass is 312 g/mol. The summed E-state index contributed by atoms with van der Waals surface area (Å²) >= 11 is 7.39. The van der Waals surface area contributed by atoms with Crippen LogP contribution in [-0.4, -0.2) is 45.6 Å². The lowest BCUT2D eigenvalue weighted by Gasteiger charge is -2.52. The fraction of sp³-hybridized carbons (Fsp3) is 0.600. The number of hydrogen-bond acceptors (Lipinski definition) is 4. The third-order valence-electron chi connectivity index (χ3n) is 3.24. The van der Waals surface area contributed by atoms with Crippen LogP contribution in [0.3, 0.4) is 0 Å². The molecule has 0 aliphatic carbocycles. The van der Waals surface area contributed by atoms with Gasteiger partial charge in [0.2, 0.25) is 5.91 Å². The Kier molecular flexibility index (Phi) is 4.59. The highest BCUT2D eigenvalue weighted by Gasteiger charge is 2.56. The lowest BCUT2D eigenvalue weighted by Crippen LogP contribution is -2.72. The molecular formula is C10H14Cl2N2O3S. The normalized spacial score (nSPS) is 35.4. The van der Waals surface area contributed by atoms with Crippen LogP contribution in [-0.2, 0) is 9.59 Å². The van der Waals surface area contributed by atoms with E-state index in [2.05, 4.69) is 0 Å². The molecule has 2 fully saturated rings. The van der Waals surface area contributed by atoms with E-state index in [9.17, 15) is 14.7 Å². The zero-order valence-electron chi connectivity index (χ0n) is 9.63. The molecule has 2 saturated heterocycles. The Morgan fingerprint density at radius 1 is 1.72 bits per heavy atom. The first kappa shape index (κ1) is 15.6. The maximum atomic E-state index is 11.5. The van der Waals surface area contributed by atoms with E-state index in [1.807, 2.05) is 0 Å². The molecule has 2 heterocycles. The standard InChI is InChI=1S/C10H13ClN2O3S.ClH/c1-2-5(11)10(9(15)16)3-13-7(14)6(12)8(13)17-4-10;/h2,6,8H,3-4,12H2,1H3,(H,15,16);1H/t6?,8-,10?;/m1./s1. The van der Waals surface area contributed by atoms with Crippen molar-refractivity contribution in [1.29, 1.82) is 0 Å². The smallest absolute Gasteiger partial charge is 0.317 e. The Morgan fingerprint density at radius 3 is 2.83 bits per heavy atom. The van der Waals surface area contributed by atoms with Crippen LogP contribution >= 0.6 is 35.8 Å². The summed E-state index contributed by atoms with van der Waals surface area (Å²) in [5.41, 5.74) is 4.46. The summed E-state index contributed by atoms with van der Waals surface area (Å²) in [5.74, 6) is -0.860. The maximum Gasteiger partial charge on any atom is 0.317 e. The fourth-order valence-electron chi connectivity index (χ4n) is 2.13. The van der Waals surface area contributed by atoms with Crippen LogP contribution in [0.2, 0.25) is 0 Å². The summed E-state index contributed by atoms with van der Waals surface area (Å²) in [7, 11) is 0. The molecular weight excluding hydrogens is 299 g/mol. The molecule has 0 aromatic heterocycles. The van der Waals surface area contributed by atoms with E-state index in [4.69, 9.17) is 17.3 Å². The van der Waals surface area contributed by atoms with Gasteiger partial charge in [-0.05, 0) is 6.92 Å². The van der Waals surface area contributed by atoms with Crippen LogP contribution in [0.4, 0.5) is 0 Å². The highest BCUT2D eigenvalue weighted by molar-refractivity contribution is 8.00. The van der Waals surface area contributed by atoms with E-state index in [1.165, 1.54) is 16.7 Å². The van der Waals surface area contributed by atoms with Gasteiger partial charge >= 0.3 is 5.97 Å². The molecule has 0 aromatic rings. The Labute approximate surface area is 120 Å². The number of thioether (sulfide) groups is 1. The first-order chi connectivity index (χ1) is 7.94. The predicted molar refractivity (Wildman–Crippen MR) is 72.9 cm³/mol. The SMILES string of the molecule is CC=C(Cl)C1(C(=O)O)CS[C@@H]2C(N)C(=O)N2C1.Cl. The van der Waals surface area contributed by atoms with Crippen LogP contribution in [0.25, 0.3) is 0 Å². The Hall–Kier alpha value is -0.430. The second kappa shape index (κ2) is 5.28. The molecule has 2 rings (SSSR count). The highest BCUT2D eigenvalue weighted by Crippen LogP contribution is 2.46. The number of hydrogen-bond donors (Lipinski definition) is 2. The number of nitrogens with two attached hydrogens (primary N) is 1. The summed E-state index contributed by atoms with van der Waals surface area (Å²) in [6.07, 6.45) is 1.57. The minimum absolute atomic E-state index is 0. The molecule has 0 bridgehead atoms. The molecule has 0 spiro atoms. The molecule has 3 N–H and O–H groups in total. The molecule has 3 atom stereocenters. The third kappa shape index (κ3) is 2.01. The van der Waals surface area contributed by atoms with Crippen molar-refractivity contribution in [3.05, 3.63) is 11.1 Å². The lowest BCUT2D eigenvalue weighted by atomic mass is 9.86. The summed E-state index contributed by atoms with van der Waals surface area (Å²) in [5, 5.41) is 9.53. The van der Waals surface area contributed by atoms with E-state index in [0.717, 1.165) is 0 Å². The summed E-state index contributed by atoms with van der Waals surface area (Å²) < 4.78 is 0. The maximum absolute atomic E-state index is 11.5. The van der Waals surface area contributed by atoms with Crippen molar-refractivity contribution in [2.24, 2.45) is 11.1 Å². The molecule has 0 aromatic carbocycles. The Morgan fingerprint density at radius 2 is 2.33 bits per heavy atom. The zero-order chi connectivity index (χ0) is 12.8. The van der Waals surface area contributed by atoms with Gasteiger partial charge in [0.05, 0.1) is 0 Å². The predicted octanol–water partition coefficient (Wildman–Crippen LogP) is 0.864. The average Bonchev–Trinajstić information content (AvgIpc) is 2.35. The number of nitrogens with zero attached hydrogens (tertiary/aromatic N) is 1. The van der Waals surface area contributed by atoms with Gasteiger partial charge in [-0.15, -0.1) is 24.2 Å². The summed E-state index contributed by atoms with van der Waals surface area (Å²) in [4.78, 5) is 24.5. The minimum Gasteiger partial charge on any atom is -0.480 e.